The van der Waals surface area contributed by atoms with Crippen molar-refractivity contribution in [2.24, 2.45) is 0 Å². The Hall–Kier alpha value is -4.43. The molecule has 3 heterocycles. The molecule has 0 bridgehead atoms. The zero-order valence-corrected chi connectivity index (χ0v) is 23.1. The fraction of sp³-hybridized carbons (Fsp3) is 0.414. The van der Waals surface area contributed by atoms with Crippen molar-refractivity contribution in [3.63, 3.8) is 0 Å². The Morgan fingerprint density at radius 3 is 2.58 bits per heavy atom. The Kier molecular flexibility index (Phi) is 7.13. The number of cyclic esters (lactones) is 1. The second-order valence-electron chi connectivity index (χ2n) is 11.1. The van der Waals surface area contributed by atoms with Crippen LogP contribution in [0.25, 0.3) is 10.9 Å². The molecule has 6 rings (SSSR count). The number of hydrogen-bond acceptors (Lipinski definition) is 9. The van der Waals surface area contributed by atoms with Crippen molar-refractivity contribution in [1.29, 1.82) is 0 Å². The van der Waals surface area contributed by atoms with Gasteiger partial charge in [0.2, 0.25) is 5.43 Å². The van der Waals surface area contributed by atoms with Crippen LogP contribution < -0.4 is 24.7 Å². The number of fused-ring (bicyclic) bond motifs is 1. The van der Waals surface area contributed by atoms with Crippen LogP contribution in [0.15, 0.2) is 35.3 Å². The first-order chi connectivity index (χ1) is 20.5. The molecule has 2 saturated heterocycles. The van der Waals surface area contributed by atoms with Crippen LogP contribution in [-0.4, -0.2) is 83.6 Å². The van der Waals surface area contributed by atoms with Gasteiger partial charge in [-0.15, -0.1) is 0 Å². The van der Waals surface area contributed by atoms with E-state index in [1.165, 1.54) is 30.3 Å². The quantitative estimate of drug-likeness (QED) is 0.334. The van der Waals surface area contributed by atoms with Crippen molar-refractivity contribution in [3.05, 3.63) is 57.9 Å². The first-order valence-corrected chi connectivity index (χ1v) is 13.7. The standard InChI is InChI=1S/C29H29F2N3O9/c1-41-26-23-18(25(36)19(27(37)38)11-33(23)15-2-3-15)9-21(31)24(26)32-7-6-29(40,13-32)14-42-22-5-4-16(8-20(22)30)34-10-17(12-35)43-28(34)39/h4-5,8-9,11,15,17,35,40H,2-3,6-7,10,12-14H2,1H3,(H,37,38)/t17-,29?/m1/s1. The van der Waals surface area contributed by atoms with Gasteiger partial charge in [-0.05, 0) is 37.5 Å². The predicted molar refractivity (Wildman–Crippen MR) is 148 cm³/mol. The molecular formula is C29H29F2N3O9. The molecule has 1 aliphatic carbocycles. The molecule has 1 amide bonds. The summed E-state index contributed by atoms with van der Waals surface area (Å²) in [5, 5.41) is 29.9. The zero-order valence-electron chi connectivity index (χ0n) is 23.1. The van der Waals surface area contributed by atoms with E-state index < -0.39 is 46.4 Å². The van der Waals surface area contributed by atoms with E-state index in [9.17, 15) is 34.1 Å². The number of ether oxygens (including phenoxy) is 3. The van der Waals surface area contributed by atoms with Crippen LogP contribution in [0.5, 0.6) is 11.5 Å². The summed E-state index contributed by atoms with van der Waals surface area (Å²) < 4.78 is 48.4. The average Bonchev–Trinajstić information content (AvgIpc) is 3.64. The lowest BCUT2D eigenvalue weighted by Crippen LogP contribution is -2.39. The number of rotatable bonds is 9. The summed E-state index contributed by atoms with van der Waals surface area (Å²) in [6.07, 6.45) is 1.51. The number of aromatic nitrogens is 1. The number of amides is 1. The summed E-state index contributed by atoms with van der Waals surface area (Å²) in [5.41, 5.74) is -2.29. The highest BCUT2D eigenvalue weighted by Crippen LogP contribution is 2.45. The number of benzene rings is 2. The second kappa shape index (κ2) is 10.7. The van der Waals surface area contributed by atoms with Crippen molar-refractivity contribution < 1.29 is 47.9 Å². The molecule has 2 atom stereocenters. The molecule has 228 valence electrons. The van der Waals surface area contributed by atoms with Crippen LogP contribution >= 0.6 is 0 Å². The first-order valence-electron chi connectivity index (χ1n) is 13.7. The van der Waals surface area contributed by atoms with Crippen molar-refractivity contribution in [3.8, 4) is 11.5 Å². The number of aliphatic hydroxyl groups is 2. The molecule has 3 fully saturated rings. The summed E-state index contributed by atoms with van der Waals surface area (Å²) in [6.45, 7) is -0.540. The van der Waals surface area contributed by atoms with Crippen molar-refractivity contribution in [1.82, 2.24) is 4.57 Å². The minimum absolute atomic E-state index is 0.0111. The Bertz CT molecular complexity index is 1690. The van der Waals surface area contributed by atoms with Gasteiger partial charge in [0.05, 0.1) is 43.4 Å². The van der Waals surface area contributed by atoms with E-state index in [-0.39, 0.29) is 79.1 Å². The summed E-state index contributed by atoms with van der Waals surface area (Å²) in [7, 11) is 1.33. The number of aliphatic hydroxyl groups excluding tert-OH is 1. The highest BCUT2D eigenvalue weighted by molar-refractivity contribution is 5.97. The maximum atomic E-state index is 15.6. The number of nitrogens with zero attached hydrogens (tertiary/aromatic N) is 3. The van der Waals surface area contributed by atoms with Gasteiger partial charge in [0.25, 0.3) is 0 Å². The van der Waals surface area contributed by atoms with E-state index in [4.69, 9.17) is 14.2 Å². The highest BCUT2D eigenvalue weighted by atomic mass is 19.1. The maximum absolute atomic E-state index is 15.6. The Balaban J connectivity index is 1.24. The number of methoxy groups -OCH3 is 1. The highest BCUT2D eigenvalue weighted by Gasteiger charge is 2.40. The minimum Gasteiger partial charge on any atom is -0.492 e. The van der Waals surface area contributed by atoms with Gasteiger partial charge < -0.3 is 39.0 Å². The number of aromatic carboxylic acids is 1. The number of anilines is 2. The molecule has 14 heteroatoms. The van der Waals surface area contributed by atoms with E-state index in [1.807, 2.05) is 0 Å². The Morgan fingerprint density at radius 1 is 1.19 bits per heavy atom. The zero-order chi connectivity index (χ0) is 30.6. The SMILES string of the molecule is COc1c(N2CCC(O)(COc3ccc(N4C[C@H](CO)OC4=O)cc3F)C2)c(F)cc2c(=O)c(C(=O)O)cn(C3CC3)c12. The van der Waals surface area contributed by atoms with Crippen LogP contribution in [-0.2, 0) is 4.74 Å². The average molecular weight is 602 g/mol. The molecule has 0 radical (unpaired) electrons. The number of β-amino-alcohol motifs (C(OH)–C–C–N with tert-alkyl or cyclic N) is 1. The van der Waals surface area contributed by atoms with Crippen molar-refractivity contribution in [2.75, 3.05) is 49.8 Å². The van der Waals surface area contributed by atoms with E-state index in [1.54, 1.807) is 9.47 Å². The molecular weight excluding hydrogens is 572 g/mol. The van der Waals surface area contributed by atoms with E-state index in [2.05, 4.69) is 0 Å². The van der Waals surface area contributed by atoms with Gasteiger partial charge in [0.1, 0.15) is 29.6 Å². The molecule has 12 nitrogen and oxygen atoms in total. The topological polar surface area (TPSA) is 151 Å². The van der Waals surface area contributed by atoms with Gasteiger partial charge in [-0.25, -0.2) is 18.4 Å². The normalized spacial score (nSPS) is 21.9. The number of carboxylic acid groups (broad SMARTS) is 1. The fourth-order valence-corrected chi connectivity index (χ4v) is 5.70. The Labute approximate surface area is 243 Å². The number of pyridine rings is 1. The van der Waals surface area contributed by atoms with Gasteiger partial charge in [-0.1, -0.05) is 0 Å². The van der Waals surface area contributed by atoms with E-state index in [0.717, 1.165) is 25.0 Å². The number of carbonyl (C=O) groups is 2. The van der Waals surface area contributed by atoms with Crippen molar-refractivity contribution >= 4 is 34.3 Å². The third-order valence-corrected chi connectivity index (χ3v) is 8.02. The van der Waals surface area contributed by atoms with Crippen LogP contribution in [0.3, 0.4) is 0 Å². The van der Waals surface area contributed by atoms with Gasteiger partial charge in [0, 0.05) is 24.8 Å². The second-order valence-corrected chi connectivity index (χ2v) is 11.1. The van der Waals surface area contributed by atoms with Crippen LogP contribution in [0.2, 0.25) is 0 Å². The summed E-state index contributed by atoms with van der Waals surface area (Å²) in [5.74, 6) is -3.13. The summed E-state index contributed by atoms with van der Waals surface area (Å²) in [6, 6.07) is 4.80. The van der Waals surface area contributed by atoms with Gasteiger partial charge in [-0.2, -0.15) is 0 Å². The first kappa shape index (κ1) is 28.7. The lowest BCUT2D eigenvalue weighted by Gasteiger charge is -2.27. The number of halogens is 2. The van der Waals surface area contributed by atoms with Crippen LogP contribution in [0.1, 0.15) is 35.7 Å². The summed E-state index contributed by atoms with van der Waals surface area (Å²) in [4.78, 5) is 39.4. The molecule has 1 aromatic heterocycles. The van der Waals surface area contributed by atoms with E-state index in [0.29, 0.717) is 0 Å². The Morgan fingerprint density at radius 2 is 1.95 bits per heavy atom. The van der Waals surface area contributed by atoms with Gasteiger partial charge in [-0.3, -0.25) is 9.69 Å². The summed E-state index contributed by atoms with van der Waals surface area (Å²) >= 11 is 0. The molecule has 3 aromatic rings. The van der Waals surface area contributed by atoms with Gasteiger partial charge >= 0.3 is 12.1 Å². The molecule has 2 aromatic carbocycles. The monoisotopic (exact) mass is 601 g/mol. The minimum atomic E-state index is -1.51. The fourth-order valence-electron chi connectivity index (χ4n) is 5.70. The number of hydrogen-bond donors (Lipinski definition) is 3. The van der Waals surface area contributed by atoms with E-state index >= 15 is 4.39 Å². The largest absolute Gasteiger partial charge is 0.492 e. The lowest BCUT2D eigenvalue weighted by molar-refractivity contribution is 0.0133. The predicted octanol–water partition coefficient (Wildman–Crippen LogP) is 2.66. The number of carbonyl (C=O) groups excluding carboxylic acids is 1. The molecule has 3 N–H and O–H groups in total. The number of carboxylic acids is 1. The molecule has 3 aliphatic rings. The molecule has 2 aliphatic heterocycles. The molecule has 43 heavy (non-hydrogen) atoms. The third kappa shape index (κ3) is 5.10. The van der Waals surface area contributed by atoms with Crippen molar-refractivity contribution in [2.45, 2.75) is 37.0 Å². The molecule has 1 unspecified atom stereocenters. The lowest BCUT2D eigenvalue weighted by atomic mass is 10.1. The van der Waals surface area contributed by atoms with Crippen LogP contribution in [0, 0.1) is 11.6 Å². The van der Waals surface area contributed by atoms with Gasteiger partial charge in [0.15, 0.2) is 23.1 Å². The molecule has 1 saturated carbocycles. The third-order valence-electron chi connectivity index (χ3n) is 8.02. The molecule has 0 spiro atoms. The smallest absolute Gasteiger partial charge is 0.414 e. The van der Waals surface area contributed by atoms with Crippen LogP contribution in [0.4, 0.5) is 25.0 Å². The maximum Gasteiger partial charge on any atom is 0.414 e.